The summed E-state index contributed by atoms with van der Waals surface area (Å²) in [7, 11) is 1.45. The fraction of sp³-hybridized carbons (Fsp3) is 0.500. The van der Waals surface area contributed by atoms with E-state index < -0.39 is 17.6 Å². The molecule has 1 heterocycles. The van der Waals surface area contributed by atoms with Gasteiger partial charge in [-0.2, -0.15) is 13.2 Å². The molecule has 0 radical (unpaired) electrons. The van der Waals surface area contributed by atoms with Crippen molar-refractivity contribution in [3.8, 4) is 0 Å². The first-order chi connectivity index (χ1) is 11.3. The van der Waals surface area contributed by atoms with E-state index in [4.69, 9.17) is 4.74 Å². The van der Waals surface area contributed by atoms with Crippen LogP contribution in [-0.4, -0.2) is 49.6 Å². The molecule has 1 N–H and O–H groups in total. The second kappa shape index (κ2) is 7.65. The van der Waals surface area contributed by atoms with Crippen LogP contribution in [0.3, 0.4) is 0 Å². The average molecular weight is 344 g/mol. The van der Waals surface area contributed by atoms with Gasteiger partial charge in [0.2, 0.25) is 5.91 Å². The topological polar surface area (TPSA) is 58.6 Å². The van der Waals surface area contributed by atoms with E-state index in [0.717, 1.165) is 24.3 Å². The molecule has 1 aliphatic heterocycles. The lowest BCUT2D eigenvalue weighted by atomic mass is 10.0. The Morgan fingerprint density at radius 2 is 1.79 bits per heavy atom. The Balaban J connectivity index is 1.86. The number of carbonyl (C=O) groups excluding carboxylic acids is 2. The number of methoxy groups -OCH3 is 1. The smallest absolute Gasteiger partial charge is 0.375 e. The van der Waals surface area contributed by atoms with Crippen LogP contribution in [0.5, 0.6) is 0 Å². The predicted octanol–water partition coefficient (Wildman–Crippen LogP) is 2.07. The first-order valence-corrected chi connectivity index (χ1v) is 7.56. The summed E-state index contributed by atoms with van der Waals surface area (Å²) >= 11 is 0. The molecule has 1 aliphatic rings. The van der Waals surface area contributed by atoms with Crippen molar-refractivity contribution < 1.29 is 27.5 Å². The second-order valence-corrected chi connectivity index (χ2v) is 5.64. The van der Waals surface area contributed by atoms with Gasteiger partial charge in [-0.15, -0.1) is 0 Å². The van der Waals surface area contributed by atoms with Gasteiger partial charge >= 0.3 is 6.18 Å². The molecule has 2 amide bonds. The van der Waals surface area contributed by atoms with E-state index >= 15 is 0 Å². The summed E-state index contributed by atoms with van der Waals surface area (Å²) < 4.78 is 42.3. The third-order valence-corrected chi connectivity index (χ3v) is 3.93. The second-order valence-electron chi connectivity index (χ2n) is 5.64. The average Bonchev–Trinajstić information content (AvgIpc) is 2.55. The summed E-state index contributed by atoms with van der Waals surface area (Å²) in [6.07, 6.45) is -3.22. The van der Waals surface area contributed by atoms with Crippen LogP contribution in [0.2, 0.25) is 0 Å². The first kappa shape index (κ1) is 18.3. The number of amides is 2. The summed E-state index contributed by atoms with van der Waals surface area (Å²) in [5.74, 6) is -0.504. The standard InChI is InChI=1S/C16H19F3N2O3/c1-24-10-14(22)21-8-6-13(7-9-21)20-15(23)11-2-4-12(5-3-11)16(17,18)19/h2-5,13H,6-10H2,1H3,(H,20,23). The maximum absolute atomic E-state index is 12.5. The zero-order chi connectivity index (χ0) is 17.7. The van der Waals surface area contributed by atoms with Crippen LogP contribution in [0.25, 0.3) is 0 Å². The summed E-state index contributed by atoms with van der Waals surface area (Å²) in [4.78, 5) is 25.5. The predicted molar refractivity (Wildman–Crippen MR) is 80.4 cm³/mol. The molecule has 0 spiro atoms. The molecule has 132 valence electrons. The van der Waals surface area contributed by atoms with E-state index in [1.165, 1.54) is 7.11 Å². The highest BCUT2D eigenvalue weighted by atomic mass is 19.4. The summed E-state index contributed by atoms with van der Waals surface area (Å²) in [5, 5.41) is 2.80. The lowest BCUT2D eigenvalue weighted by Gasteiger charge is -2.32. The maximum atomic E-state index is 12.5. The van der Waals surface area contributed by atoms with Gasteiger partial charge in [0.15, 0.2) is 0 Å². The van der Waals surface area contributed by atoms with E-state index in [1.807, 2.05) is 0 Å². The highest BCUT2D eigenvalue weighted by Crippen LogP contribution is 2.29. The number of nitrogens with zero attached hydrogens (tertiary/aromatic N) is 1. The largest absolute Gasteiger partial charge is 0.416 e. The molecule has 0 bridgehead atoms. The number of halogens is 3. The van der Waals surface area contributed by atoms with Crippen molar-refractivity contribution in [2.75, 3.05) is 26.8 Å². The van der Waals surface area contributed by atoms with Crippen molar-refractivity contribution in [1.29, 1.82) is 0 Å². The van der Waals surface area contributed by atoms with Gasteiger partial charge in [-0.25, -0.2) is 0 Å². The molecule has 2 rings (SSSR count). The molecule has 0 atom stereocenters. The van der Waals surface area contributed by atoms with Gasteiger partial charge in [0.25, 0.3) is 5.91 Å². The summed E-state index contributed by atoms with van der Waals surface area (Å²) in [6.45, 7) is 1.06. The minimum absolute atomic E-state index is 0.0303. The van der Waals surface area contributed by atoms with E-state index in [-0.39, 0.29) is 24.1 Å². The van der Waals surface area contributed by atoms with Crippen molar-refractivity contribution in [1.82, 2.24) is 10.2 Å². The molecule has 24 heavy (non-hydrogen) atoms. The lowest BCUT2D eigenvalue weighted by molar-refractivity contribution is -0.138. The van der Waals surface area contributed by atoms with Crippen LogP contribution < -0.4 is 5.32 Å². The van der Waals surface area contributed by atoms with Crippen molar-refractivity contribution in [3.63, 3.8) is 0 Å². The Morgan fingerprint density at radius 3 is 2.29 bits per heavy atom. The molecule has 0 aromatic heterocycles. The van der Waals surface area contributed by atoms with Crippen LogP contribution in [0.4, 0.5) is 13.2 Å². The number of hydrogen-bond acceptors (Lipinski definition) is 3. The zero-order valence-corrected chi connectivity index (χ0v) is 13.2. The van der Waals surface area contributed by atoms with Crippen LogP contribution >= 0.6 is 0 Å². The molecular formula is C16H19F3N2O3. The highest BCUT2D eigenvalue weighted by Gasteiger charge is 2.30. The minimum atomic E-state index is -4.42. The Morgan fingerprint density at radius 1 is 1.21 bits per heavy atom. The number of benzene rings is 1. The number of ether oxygens (including phenoxy) is 1. The van der Waals surface area contributed by atoms with Gasteiger partial charge in [0.05, 0.1) is 5.56 Å². The lowest BCUT2D eigenvalue weighted by Crippen LogP contribution is -2.47. The van der Waals surface area contributed by atoms with E-state index in [1.54, 1.807) is 4.90 Å². The molecule has 1 saturated heterocycles. The Labute approximate surface area is 137 Å². The molecule has 1 aromatic carbocycles. The minimum Gasteiger partial charge on any atom is -0.375 e. The van der Waals surface area contributed by atoms with Crippen molar-refractivity contribution in [2.24, 2.45) is 0 Å². The highest BCUT2D eigenvalue weighted by molar-refractivity contribution is 5.94. The van der Waals surface area contributed by atoms with Crippen LogP contribution in [0.15, 0.2) is 24.3 Å². The number of nitrogens with one attached hydrogen (secondary N) is 1. The van der Waals surface area contributed by atoms with Crippen LogP contribution in [-0.2, 0) is 15.7 Å². The molecule has 0 unspecified atom stereocenters. The number of piperidine rings is 1. The van der Waals surface area contributed by atoms with Gasteiger partial charge in [-0.1, -0.05) is 0 Å². The summed E-state index contributed by atoms with van der Waals surface area (Å²) in [6, 6.07) is 4.00. The molecule has 8 heteroatoms. The van der Waals surface area contributed by atoms with Gasteiger partial charge in [-0.05, 0) is 37.1 Å². The fourth-order valence-corrected chi connectivity index (χ4v) is 2.57. The van der Waals surface area contributed by atoms with Gasteiger partial charge in [-0.3, -0.25) is 9.59 Å². The number of hydrogen-bond donors (Lipinski definition) is 1. The first-order valence-electron chi connectivity index (χ1n) is 7.56. The SMILES string of the molecule is COCC(=O)N1CCC(NC(=O)c2ccc(C(F)(F)F)cc2)CC1. The van der Waals surface area contributed by atoms with Gasteiger partial charge < -0.3 is 15.0 Å². The Bertz CT molecular complexity index is 579. The van der Waals surface area contributed by atoms with Crippen molar-refractivity contribution >= 4 is 11.8 Å². The number of carbonyl (C=O) groups is 2. The Hall–Kier alpha value is -2.09. The van der Waals surface area contributed by atoms with Crippen molar-refractivity contribution in [2.45, 2.75) is 25.1 Å². The van der Waals surface area contributed by atoms with Crippen LogP contribution in [0, 0.1) is 0 Å². The zero-order valence-electron chi connectivity index (χ0n) is 13.2. The molecular weight excluding hydrogens is 325 g/mol. The van der Waals surface area contributed by atoms with Gasteiger partial charge in [0.1, 0.15) is 6.61 Å². The molecule has 1 aromatic rings. The van der Waals surface area contributed by atoms with E-state index in [9.17, 15) is 22.8 Å². The van der Waals surface area contributed by atoms with Crippen LogP contribution in [0.1, 0.15) is 28.8 Å². The normalized spacial score (nSPS) is 16.1. The van der Waals surface area contributed by atoms with Crippen molar-refractivity contribution in [3.05, 3.63) is 35.4 Å². The Kier molecular flexibility index (Phi) is 5.82. The fourth-order valence-electron chi connectivity index (χ4n) is 2.57. The summed E-state index contributed by atoms with van der Waals surface area (Å²) in [5.41, 5.74) is -0.607. The monoisotopic (exact) mass is 344 g/mol. The number of rotatable bonds is 4. The third kappa shape index (κ3) is 4.70. The third-order valence-electron chi connectivity index (χ3n) is 3.93. The molecule has 1 fully saturated rings. The molecule has 0 saturated carbocycles. The quantitative estimate of drug-likeness (QED) is 0.910. The van der Waals surface area contributed by atoms with E-state index in [2.05, 4.69) is 5.32 Å². The van der Waals surface area contributed by atoms with E-state index in [0.29, 0.717) is 25.9 Å². The molecule has 0 aliphatic carbocycles. The maximum Gasteiger partial charge on any atom is 0.416 e. The number of alkyl halides is 3. The van der Waals surface area contributed by atoms with Gasteiger partial charge in [0, 0.05) is 31.8 Å². The number of likely N-dealkylation sites (tertiary alicyclic amines) is 1. The molecule has 5 nitrogen and oxygen atoms in total.